The van der Waals surface area contributed by atoms with Crippen LogP contribution in [0.25, 0.3) is 11.5 Å². The molecule has 6 nitrogen and oxygen atoms in total. The minimum absolute atomic E-state index is 0.217. The summed E-state index contributed by atoms with van der Waals surface area (Å²) in [6.45, 7) is 0. The highest BCUT2D eigenvalue weighted by atomic mass is 35.5. The average molecular weight is 315 g/mol. The molecular weight excluding hydrogens is 304 g/mol. The molecule has 0 aliphatic carbocycles. The Morgan fingerprint density at radius 3 is 3.00 bits per heavy atom. The van der Waals surface area contributed by atoms with E-state index in [0.717, 1.165) is 5.56 Å². The maximum atomic E-state index is 11.9. The van der Waals surface area contributed by atoms with Crippen molar-refractivity contribution in [2.24, 2.45) is 5.10 Å². The number of hydrogen-bond acceptors (Lipinski definition) is 4. The van der Waals surface area contributed by atoms with Gasteiger partial charge in [0.2, 0.25) is 0 Å². The summed E-state index contributed by atoms with van der Waals surface area (Å²) in [4.78, 5) is 11.9. The molecule has 1 aromatic carbocycles. The van der Waals surface area contributed by atoms with Crippen LogP contribution in [0.15, 0.2) is 58.2 Å². The lowest BCUT2D eigenvalue weighted by Gasteiger charge is -1.96. The molecule has 0 atom stereocenters. The van der Waals surface area contributed by atoms with Gasteiger partial charge in [0, 0.05) is 11.1 Å². The summed E-state index contributed by atoms with van der Waals surface area (Å²) in [5.74, 6) is 0.182. The third kappa shape index (κ3) is 3.24. The molecule has 0 saturated carbocycles. The number of hydrazone groups is 1. The topological polar surface area (TPSA) is 83.3 Å². The fraction of sp³-hybridized carbons (Fsp3) is 0. The van der Waals surface area contributed by atoms with Crippen molar-refractivity contribution in [2.75, 3.05) is 0 Å². The molecule has 2 heterocycles. The van der Waals surface area contributed by atoms with Gasteiger partial charge in [-0.3, -0.25) is 9.89 Å². The number of hydrogen-bond donors (Lipinski definition) is 2. The lowest BCUT2D eigenvalue weighted by molar-refractivity contribution is 0.0950. The number of carbonyl (C=O) groups excluding carboxylic acids is 1. The Morgan fingerprint density at radius 2 is 2.23 bits per heavy atom. The first-order valence-electron chi connectivity index (χ1n) is 6.40. The quantitative estimate of drug-likeness (QED) is 0.573. The molecule has 0 radical (unpaired) electrons. The summed E-state index contributed by atoms with van der Waals surface area (Å²) < 4.78 is 5.22. The van der Waals surface area contributed by atoms with Crippen molar-refractivity contribution in [3.05, 3.63) is 65.0 Å². The van der Waals surface area contributed by atoms with Crippen LogP contribution in [0.3, 0.4) is 0 Å². The maximum absolute atomic E-state index is 11.9. The molecular formula is C15H11ClN4O2. The average Bonchev–Trinajstić information content (AvgIpc) is 3.18. The molecule has 7 heteroatoms. The predicted molar refractivity (Wildman–Crippen MR) is 82.8 cm³/mol. The third-order valence-electron chi connectivity index (χ3n) is 2.83. The maximum Gasteiger partial charge on any atom is 0.291 e. The summed E-state index contributed by atoms with van der Waals surface area (Å²) >= 11 is 5.86. The van der Waals surface area contributed by atoms with E-state index >= 15 is 0 Å². The van der Waals surface area contributed by atoms with E-state index < -0.39 is 5.91 Å². The monoisotopic (exact) mass is 314 g/mol. The molecule has 0 aliphatic heterocycles. The molecule has 2 N–H and O–H groups in total. The molecule has 2 aromatic heterocycles. The first-order chi connectivity index (χ1) is 10.7. The van der Waals surface area contributed by atoms with Crippen molar-refractivity contribution in [3.8, 4) is 11.5 Å². The molecule has 3 rings (SSSR count). The van der Waals surface area contributed by atoms with Crippen molar-refractivity contribution >= 4 is 23.7 Å². The number of amides is 1. The van der Waals surface area contributed by atoms with Crippen molar-refractivity contribution < 1.29 is 9.21 Å². The van der Waals surface area contributed by atoms with Crippen LogP contribution in [-0.2, 0) is 0 Å². The second-order valence-corrected chi connectivity index (χ2v) is 4.83. The Bertz CT molecular complexity index is 809. The highest BCUT2D eigenvalue weighted by Crippen LogP contribution is 2.17. The first kappa shape index (κ1) is 14.1. The minimum atomic E-state index is -0.424. The predicted octanol–water partition coefficient (Wildman–Crippen LogP) is 3.09. The van der Waals surface area contributed by atoms with E-state index in [9.17, 15) is 4.79 Å². The summed E-state index contributed by atoms with van der Waals surface area (Å²) in [7, 11) is 0. The number of furan rings is 1. The fourth-order valence-electron chi connectivity index (χ4n) is 1.81. The van der Waals surface area contributed by atoms with Gasteiger partial charge in [-0.05, 0) is 29.8 Å². The molecule has 0 spiro atoms. The Labute approximate surface area is 130 Å². The van der Waals surface area contributed by atoms with Crippen molar-refractivity contribution in [1.29, 1.82) is 0 Å². The van der Waals surface area contributed by atoms with Crippen molar-refractivity contribution in [3.63, 3.8) is 0 Å². The van der Waals surface area contributed by atoms with Gasteiger partial charge in [-0.25, -0.2) is 5.43 Å². The zero-order valence-corrected chi connectivity index (χ0v) is 12.0. The van der Waals surface area contributed by atoms with Gasteiger partial charge in [0.05, 0.1) is 12.5 Å². The summed E-state index contributed by atoms with van der Waals surface area (Å²) in [6.07, 6.45) is 3.05. The number of carbonyl (C=O) groups is 1. The summed E-state index contributed by atoms with van der Waals surface area (Å²) in [5, 5.41) is 11.1. The number of aromatic nitrogens is 2. The molecule has 0 aliphatic rings. The van der Waals surface area contributed by atoms with Crippen molar-refractivity contribution in [2.45, 2.75) is 0 Å². The van der Waals surface area contributed by atoms with Gasteiger partial charge in [0.25, 0.3) is 5.91 Å². The number of aromatic amines is 1. The van der Waals surface area contributed by atoms with E-state index in [1.165, 1.54) is 6.21 Å². The fourth-order valence-corrected chi connectivity index (χ4v) is 2.00. The van der Waals surface area contributed by atoms with Gasteiger partial charge in [-0.2, -0.15) is 10.2 Å². The molecule has 3 aromatic rings. The Hall–Kier alpha value is -2.86. The van der Waals surface area contributed by atoms with Gasteiger partial charge in [-0.1, -0.05) is 23.7 Å². The Balaban J connectivity index is 1.65. The molecule has 0 saturated heterocycles. The van der Waals surface area contributed by atoms with Crippen LogP contribution in [0.4, 0.5) is 0 Å². The number of nitrogens with zero attached hydrogens (tertiary/aromatic N) is 2. The molecule has 1 amide bonds. The number of nitrogens with one attached hydrogen (secondary N) is 2. The first-order valence-corrected chi connectivity index (χ1v) is 6.78. The Kier molecular flexibility index (Phi) is 4.02. The standard InChI is InChI=1S/C15H11ClN4O2/c16-11-4-1-3-10(7-11)9-17-20-15(21)13-8-12(18-19-13)14-5-2-6-22-14/h1-9H,(H,18,19)(H,20,21). The van der Waals surface area contributed by atoms with Crippen LogP contribution in [0, 0.1) is 0 Å². The Morgan fingerprint density at radius 1 is 1.32 bits per heavy atom. The van der Waals surface area contributed by atoms with E-state index in [1.54, 1.807) is 42.7 Å². The van der Waals surface area contributed by atoms with E-state index in [1.807, 2.05) is 6.07 Å². The lowest BCUT2D eigenvalue weighted by Crippen LogP contribution is -2.17. The van der Waals surface area contributed by atoms with Gasteiger partial charge >= 0.3 is 0 Å². The van der Waals surface area contributed by atoms with Crippen LogP contribution in [-0.4, -0.2) is 22.3 Å². The van der Waals surface area contributed by atoms with Gasteiger partial charge in [-0.15, -0.1) is 0 Å². The van der Waals surface area contributed by atoms with E-state index in [0.29, 0.717) is 16.5 Å². The van der Waals surface area contributed by atoms with Crippen molar-refractivity contribution in [1.82, 2.24) is 15.6 Å². The molecule has 0 fully saturated rings. The van der Waals surface area contributed by atoms with Crippen LogP contribution < -0.4 is 5.43 Å². The van der Waals surface area contributed by atoms with E-state index in [4.69, 9.17) is 16.0 Å². The largest absolute Gasteiger partial charge is 0.463 e. The van der Waals surface area contributed by atoms with Crippen LogP contribution in [0.1, 0.15) is 16.1 Å². The highest BCUT2D eigenvalue weighted by Gasteiger charge is 2.11. The van der Waals surface area contributed by atoms with Crippen LogP contribution in [0.5, 0.6) is 0 Å². The number of H-pyrrole nitrogens is 1. The summed E-state index contributed by atoms with van der Waals surface area (Å²) in [5.41, 5.74) is 4.02. The highest BCUT2D eigenvalue weighted by molar-refractivity contribution is 6.30. The zero-order valence-electron chi connectivity index (χ0n) is 11.3. The van der Waals surface area contributed by atoms with Crippen LogP contribution in [0.2, 0.25) is 5.02 Å². The number of halogens is 1. The molecule has 22 heavy (non-hydrogen) atoms. The molecule has 0 unspecified atom stereocenters. The van der Waals surface area contributed by atoms with Crippen LogP contribution >= 0.6 is 11.6 Å². The van der Waals surface area contributed by atoms with Gasteiger partial charge in [0.1, 0.15) is 5.69 Å². The molecule has 110 valence electrons. The lowest BCUT2D eigenvalue weighted by atomic mass is 10.2. The normalized spacial score (nSPS) is 11.0. The SMILES string of the molecule is O=C(NN=Cc1cccc(Cl)c1)c1cc(-c2ccco2)[nH]n1. The molecule has 0 bridgehead atoms. The smallest absolute Gasteiger partial charge is 0.291 e. The zero-order chi connectivity index (χ0) is 15.4. The van der Waals surface area contributed by atoms with Gasteiger partial charge < -0.3 is 4.42 Å². The number of rotatable bonds is 4. The second kappa shape index (κ2) is 6.28. The minimum Gasteiger partial charge on any atom is -0.463 e. The second-order valence-electron chi connectivity index (χ2n) is 4.40. The third-order valence-corrected chi connectivity index (χ3v) is 3.06. The summed E-state index contributed by atoms with van der Waals surface area (Å²) in [6, 6.07) is 12.2. The van der Waals surface area contributed by atoms with Gasteiger partial charge in [0.15, 0.2) is 11.5 Å². The van der Waals surface area contributed by atoms with E-state index in [2.05, 4.69) is 20.7 Å². The number of benzene rings is 1. The van der Waals surface area contributed by atoms with E-state index in [-0.39, 0.29) is 5.69 Å².